The van der Waals surface area contributed by atoms with Crippen LogP contribution in [0, 0.1) is 23.7 Å². The van der Waals surface area contributed by atoms with Gasteiger partial charge in [-0.05, 0) is 37.5 Å². The number of nitrogens with one attached hydrogen (secondary N) is 1. The van der Waals surface area contributed by atoms with Crippen molar-refractivity contribution in [2.75, 3.05) is 0 Å². The Morgan fingerprint density at radius 1 is 1.00 bits per heavy atom. The molecular formula is C14H19NO7. The molecule has 2 saturated carbocycles. The molecule has 22 heavy (non-hydrogen) atoms. The number of aliphatic carboxylic acids is 3. The van der Waals surface area contributed by atoms with Gasteiger partial charge in [0.25, 0.3) is 0 Å². The van der Waals surface area contributed by atoms with Gasteiger partial charge in [0.05, 0.1) is 11.8 Å². The minimum atomic E-state index is -1.32. The summed E-state index contributed by atoms with van der Waals surface area (Å²) in [6.07, 6.45) is 1.64. The molecule has 4 N–H and O–H groups in total. The first kappa shape index (κ1) is 16.3. The molecule has 122 valence electrons. The summed E-state index contributed by atoms with van der Waals surface area (Å²) >= 11 is 0. The lowest BCUT2D eigenvalue weighted by molar-refractivity contribution is -0.150. The minimum absolute atomic E-state index is 0.0273. The normalized spacial score (nSPS) is 30.7. The highest BCUT2D eigenvalue weighted by molar-refractivity contribution is 5.89. The monoisotopic (exact) mass is 313 g/mol. The topological polar surface area (TPSA) is 141 Å². The summed E-state index contributed by atoms with van der Waals surface area (Å²) in [6, 6.07) is -1.31. The molecule has 5 atom stereocenters. The van der Waals surface area contributed by atoms with Crippen molar-refractivity contribution >= 4 is 23.8 Å². The number of hydrogen-bond donors (Lipinski definition) is 4. The van der Waals surface area contributed by atoms with Crippen LogP contribution in [0.3, 0.4) is 0 Å². The first-order valence-corrected chi connectivity index (χ1v) is 7.29. The van der Waals surface area contributed by atoms with E-state index in [1.165, 1.54) is 0 Å². The third kappa shape index (κ3) is 3.20. The quantitative estimate of drug-likeness (QED) is 0.525. The van der Waals surface area contributed by atoms with Crippen LogP contribution in [0.5, 0.6) is 0 Å². The highest BCUT2D eigenvalue weighted by Crippen LogP contribution is 2.52. The second kappa shape index (κ2) is 6.33. The molecule has 4 unspecified atom stereocenters. The molecule has 0 aromatic carbocycles. The second-order valence-electron chi connectivity index (χ2n) is 6.05. The number of rotatable bonds is 7. The van der Waals surface area contributed by atoms with Crippen LogP contribution in [0.2, 0.25) is 0 Å². The van der Waals surface area contributed by atoms with Gasteiger partial charge < -0.3 is 20.6 Å². The van der Waals surface area contributed by atoms with Crippen molar-refractivity contribution in [3.63, 3.8) is 0 Å². The van der Waals surface area contributed by atoms with Crippen LogP contribution < -0.4 is 5.32 Å². The number of amides is 1. The van der Waals surface area contributed by atoms with Gasteiger partial charge in [-0.3, -0.25) is 14.4 Å². The number of carboxylic acids is 3. The Kier molecular flexibility index (Phi) is 4.68. The first-order valence-electron chi connectivity index (χ1n) is 7.29. The molecule has 8 heteroatoms. The van der Waals surface area contributed by atoms with Crippen molar-refractivity contribution in [2.45, 2.75) is 38.1 Å². The molecule has 2 aliphatic rings. The number of carboxylic acid groups (broad SMARTS) is 3. The van der Waals surface area contributed by atoms with Gasteiger partial charge in [0.1, 0.15) is 6.04 Å². The van der Waals surface area contributed by atoms with Crippen molar-refractivity contribution in [1.29, 1.82) is 0 Å². The number of fused-ring (bicyclic) bond motifs is 2. The maximum absolute atomic E-state index is 12.3. The molecule has 0 aromatic heterocycles. The summed E-state index contributed by atoms with van der Waals surface area (Å²) in [5, 5.41) is 29.3. The summed E-state index contributed by atoms with van der Waals surface area (Å²) in [5.74, 6) is -5.62. The van der Waals surface area contributed by atoms with E-state index < -0.39 is 41.7 Å². The Labute approximate surface area is 126 Å². The highest BCUT2D eigenvalue weighted by Gasteiger charge is 2.54. The number of carbonyl (C=O) groups excluding carboxylic acids is 1. The predicted molar refractivity (Wildman–Crippen MR) is 71.9 cm³/mol. The lowest BCUT2D eigenvalue weighted by atomic mass is 9.78. The lowest BCUT2D eigenvalue weighted by Gasteiger charge is -2.28. The van der Waals surface area contributed by atoms with Crippen LogP contribution in [0.15, 0.2) is 0 Å². The predicted octanol–water partition coefficient (Wildman–Crippen LogP) is 0.167. The fourth-order valence-corrected chi connectivity index (χ4v) is 3.82. The zero-order valence-corrected chi connectivity index (χ0v) is 11.9. The Morgan fingerprint density at radius 2 is 1.59 bits per heavy atom. The maximum atomic E-state index is 12.3. The lowest BCUT2D eigenvalue weighted by Crippen LogP contribution is -2.48. The van der Waals surface area contributed by atoms with Crippen LogP contribution in [0.1, 0.15) is 32.1 Å². The average Bonchev–Trinajstić information content (AvgIpc) is 3.02. The molecule has 0 aliphatic heterocycles. The molecule has 2 fully saturated rings. The van der Waals surface area contributed by atoms with E-state index >= 15 is 0 Å². The first-order chi connectivity index (χ1) is 10.3. The van der Waals surface area contributed by atoms with Crippen LogP contribution >= 0.6 is 0 Å². The van der Waals surface area contributed by atoms with E-state index in [9.17, 15) is 24.3 Å². The second-order valence-corrected chi connectivity index (χ2v) is 6.05. The molecule has 0 radical (unpaired) electrons. The van der Waals surface area contributed by atoms with Crippen LogP contribution in [-0.2, 0) is 19.2 Å². The van der Waals surface area contributed by atoms with Gasteiger partial charge in [0, 0.05) is 6.42 Å². The van der Waals surface area contributed by atoms with Crippen molar-refractivity contribution in [2.24, 2.45) is 23.7 Å². The molecule has 0 aromatic rings. The fraction of sp³-hybridized carbons (Fsp3) is 0.714. The Hall–Kier alpha value is -2.12. The maximum Gasteiger partial charge on any atom is 0.326 e. The van der Waals surface area contributed by atoms with E-state index in [4.69, 9.17) is 10.2 Å². The molecule has 0 saturated heterocycles. The molecule has 0 heterocycles. The van der Waals surface area contributed by atoms with Gasteiger partial charge in [-0.25, -0.2) is 4.79 Å². The van der Waals surface area contributed by atoms with E-state index in [2.05, 4.69) is 5.32 Å². The zero-order chi connectivity index (χ0) is 16.4. The van der Waals surface area contributed by atoms with Crippen molar-refractivity contribution in [3.05, 3.63) is 0 Å². The average molecular weight is 313 g/mol. The molecule has 2 aliphatic carbocycles. The number of carbonyl (C=O) groups is 4. The summed E-state index contributed by atoms with van der Waals surface area (Å²) in [7, 11) is 0. The van der Waals surface area contributed by atoms with E-state index in [-0.39, 0.29) is 24.7 Å². The minimum Gasteiger partial charge on any atom is -0.481 e. The summed E-state index contributed by atoms with van der Waals surface area (Å²) in [4.78, 5) is 45.3. The third-order valence-electron chi connectivity index (χ3n) is 4.77. The third-order valence-corrected chi connectivity index (χ3v) is 4.77. The number of hydrogen-bond acceptors (Lipinski definition) is 4. The standard InChI is InChI=1S/C14H19NO7/c16-9(17)4-3-8(13(19)20)15-12(18)10-6-1-2-7(5-6)11(10)14(21)22/h6-8,10-11H,1-5H2,(H,15,18)(H,16,17)(H,19,20)(H,21,22)/t6?,7?,8-,10?,11?/m0/s1. The van der Waals surface area contributed by atoms with E-state index in [1.54, 1.807) is 0 Å². The van der Waals surface area contributed by atoms with Gasteiger partial charge in [-0.15, -0.1) is 0 Å². The highest BCUT2D eigenvalue weighted by atomic mass is 16.4. The van der Waals surface area contributed by atoms with Gasteiger partial charge in [0.2, 0.25) is 5.91 Å². The molecule has 0 spiro atoms. The van der Waals surface area contributed by atoms with Crippen LogP contribution in [-0.4, -0.2) is 45.2 Å². The summed E-state index contributed by atoms with van der Waals surface area (Å²) < 4.78 is 0. The summed E-state index contributed by atoms with van der Waals surface area (Å²) in [5.41, 5.74) is 0. The Morgan fingerprint density at radius 3 is 2.09 bits per heavy atom. The SMILES string of the molecule is O=C(O)CC[C@H](NC(=O)C1C2CCC(C2)C1C(=O)O)C(=O)O. The largest absolute Gasteiger partial charge is 0.481 e. The van der Waals surface area contributed by atoms with Gasteiger partial charge in [0.15, 0.2) is 0 Å². The van der Waals surface area contributed by atoms with Gasteiger partial charge in [-0.1, -0.05) is 0 Å². The van der Waals surface area contributed by atoms with E-state index in [0.717, 1.165) is 12.8 Å². The Bertz CT molecular complexity index is 503. The smallest absolute Gasteiger partial charge is 0.326 e. The van der Waals surface area contributed by atoms with Crippen LogP contribution in [0.4, 0.5) is 0 Å². The van der Waals surface area contributed by atoms with Crippen molar-refractivity contribution in [1.82, 2.24) is 5.32 Å². The van der Waals surface area contributed by atoms with Crippen molar-refractivity contribution in [3.8, 4) is 0 Å². The summed E-state index contributed by atoms with van der Waals surface area (Å²) in [6.45, 7) is 0. The zero-order valence-electron chi connectivity index (χ0n) is 11.9. The molecule has 2 bridgehead atoms. The molecule has 1 amide bonds. The van der Waals surface area contributed by atoms with Gasteiger partial charge in [-0.2, -0.15) is 0 Å². The van der Waals surface area contributed by atoms with E-state index in [0.29, 0.717) is 6.42 Å². The molecule has 8 nitrogen and oxygen atoms in total. The molecular weight excluding hydrogens is 294 g/mol. The molecule has 2 rings (SSSR count). The Balaban J connectivity index is 2.04. The van der Waals surface area contributed by atoms with Crippen molar-refractivity contribution < 1.29 is 34.5 Å². The van der Waals surface area contributed by atoms with Gasteiger partial charge >= 0.3 is 17.9 Å². The van der Waals surface area contributed by atoms with Crippen LogP contribution in [0.25, 0.3) is 0 Å². The fourth-order valence-electron chi connectivity index (χ4n) is 3.82. The van der Waals surface area contributed by atoms with E-state index in [1.807, 2.05) is 0 Å².